The van der Waals surface area contributed by atoms with Gasteiger partial charge in [0.2, 0.25) is 0 Å². The lowest BCUT2D eigenvalue weighted by atomic mass is 9.82. The lowest BCUT2D eigenvalue weighted by Gasteiger charge is -2.31. The molecule has 0 heterocycles. The second-order valence-corrected chi connectivity index (χ2v) is 7.07. The van der Waals surface area contributed by atoms with Crippen molar-refractivity contribution in [2.45, 2.75) is 44.6 Å². The highest BCUT2D eigenvalue weighted by Crippen LogP contribution is 2.44. The van der Waals surface area contributed by atoms with E-state index in [9.17, 15) is 0 Å². The summed E-state index contributed by atoms with van der Waals surface area (Å²) in [6, 6.07) is 4.08. The summed E-state index contributed by atoms with van der Waals surface area (Å²) in [7, 11) is 0. The molecule has 0 radical (unpaired) electrons. The van der Waals surface area contributed by atoms with Gasteiger partial charge in [0.1, 0.15) is 0 Å². The van der Waals surface area contributed by atoms with Gasteiger partial charge >= 0.3 is 0 Å². The van der Waals surface area contributed by atoms with E-state index in [1.165, 1.54) is 38.5 Å². The minimum absolute atomic E-state index is 0.511. The topological polar surface area (TPSA) is 12.0 Å². The molecule has 0 bridgehead atoms. The van der Waals surface area contributed by atoms with E-state index in [-0.39, 0.29) is 0 Å². The predicted octanol–water partition coefficient (Wildman–Crippen LogP) is 6.03. The van der Waals surface area contributed by atoms with Crippen LogP contribution in [0, 0.1) is 11.8 Å². The molecule has 0 aromatic heterocycles. The van der Waals surface area contributed by atoms with Gasteiger partial charge in [0.15, 0.2) is 0 Å². The van der Waals surface area contributed by atoms with Crippen LogP contribution in [0.25, 0.3) is 0 Å². The Bertz CT molecular complexity index is 471. The van der Waals surface area contributed by atoms with E-state index in [1.807, 2.05) is 6.07 Å². The van der Waals surface area contributed by atoms with Gasteiger partial charge in [-0.3, -0.25) is 0 Å². The number of benzene rings is 1. The number of anilines is 1. The van der Waals surface area contributed by atoms with Gasteiger partial charge in [-0.2, -0.15) is 0 Å². The van der Waals surface area contributed by atoms with Crippen molar-refractivity contribution in [3.05, 3.63) is 27.2 Å². The van der Waals surface area contributed by atoms with Crippen LogP contribution in [-0.2, 0) is 0 Å². The lowest BCUT2D eigenvalue weighted by Crippen LogP contribution is -2.28. The molecule has 0 saturated heterocycles. The third kappa shape index (κ3) is 3.32. The van der Waals surface area contributed by atoms with Crippen LogP contribution in [0.4, 0.5) is 5.69 Å². The van der Waals surface area contributed by atoms with Crippen LogP contribution >= 0.6 is 34.8 Å². The minimum atomic E-state index is 0.511. The van der Waals surface area contributed by atoms with Gasteiger partial charge in [-0.15, -0.1) is 0 Å². The van der Waals surface area contributed by atoms with Gasteiger partial charge in [-0.1, -0.05) is 47.6 Å². The maximum atomic E-state index is 6.23. The van der Waals surface area contributed by atoms with Crippen molar-refractivity contribution < 1.29 is 0 Å². The first-order chi connectivity index (χ1) is 9.13. The minimum Gasteiger partial charge on any atom is -0.381 e. The third-order valence-electron chi connectivity index (χ3n) is 4.37. The monoisotopic (exact) mass is 317 g/mol. The van der Waals surface area contributed by atoms with E-state index in [1.54, 1.807) is 6.07 Å². The number of rotatable bonds is 3. The first-order valence-electron chi connectivity index (χ1n) is 7.04. The summed E-state index contributed by atoms with van der Waals surface area (Å²) in [6.45, 7) is 0. The predicted molar refractivity (Wildman–Crippen MR) is 83.6 cm³/mol. The summed E-state index contributed by atoms with van der Waals surface area (Å²) in [5.74, 6) is 1.90. The molecule has 104 valence electrons. The van der Waals surface area contributed by atoms with E-state index in [4.69, 9.17) is 34.8 Å². The lowest BCUT2D eigenvalue weighted by molar-refractivity contribution is 0.303. The first-order valence-corrected chi connectivity index (χ1v) is 8.18. The van der Waals surface area contributed by atoms with E-state index >= 15 is 0 Å². The molecule has 2 aliphatic rings. The Hall–Kier alpha value is -0.110. The fourth-order valence-electron chi connectivity index (χ4n) is 3.21. The Morgan fingerprint density at radius 1 is 0.842 bits per heavy atom. The Labute approximate surface area is 129 Å². The van der Waals surface area contributed by atoms with Crippen LogP contribution < -0.4 is 5.32 Å². The smallest absolute Gasteiger partial charge is 0.0653 e. The van der Waals surface area contributed by atoms with Gasteiger partial charge in [-0.25, -0.2) is 0 Å². The van der Waals surface area contributed by atoms with E-state index in [0.717, 1.165) is 17.5 Å². The molecule has 1 aromatic rings. The highest BCUT2D eigenvalue weighted by Gasteiger charge is 2.34. The summed E-state index contributed by atoms with van der Waals surface area (Å²) in [6.07, 6.45) is 8.08. The average molecular weight is 319 g/mol. The van der Waals surface area contributed by atoms with E-state index in [0.29, 0.717) is 21.1 Å². The molecule has 1 N–H and O–H groups in total. The van der Waals surface area contributed by atoms with Gasteiger partial charge in [0.05, 0.1) is 20.8 Å². The summed E-state index contributed by atoms with van der Waals surface area (Å²) in [5, 5.41) is 5.28. The molecule has 0 amide bonds. The fourth-order valence-corrected chi connectivity index (χ4v) is 3.81. The van der Waals surface area contributed by atoms with Crippen molar-refractivity contribution in [2.24, 2.45) is 11.8 Å². The molecule has 0 spiro atoms. The SMILES string of the molecule is Clc1cc(Cl)c(NC2CCCC(C3CC3)C2)cc1Cl. The summed E-state index contributed by atoms with van der Waals surface area (Å²) in [4.78, 5) is 0. The molecular weight excluding hydrogens is 301 g/mol. The molecule has 3 rings (SSSR count). The van der Waals surface area contributed by atoms with Crippen LogP contribution in [0.2, 0.25) is 15.1 Å². The second-order valence-electron chi connectivity index (χ2n) is 5.85. The van der Waals surface area contributed by atoms with Crippen molar-refractivity contribution in [2.75, 3.05) is 5.32 Å². The van der Waals surface area contributed by atoms with Gasteiger partial charge in [0.25, 0.3) is 0 Å². The molecule has 2 saturated carbocycles. The molecule has 19 heavy (non-hydrogen) atoms. The van der Waals surface area contributed by atoms with Crippen LogP contribution in [-0.4, -0.2) is 6.04 Å². The highest BCUT2D eigenvalue weighted by atomic mass is 35.5. The zero-order chi connectivity index (χ0) is 13.4. The summed E-state index contributed by atoms with van der Waals surface area (Å²) >= 11 is 18.2. The third-order valence-corrected chi connectivity index (χ3v) is 5.41. The number of nitrogens with one attached hydrogen (secondary N) is 1. The van der Waals surface area contributed by atoms with Crippen molar-refractivity contribution in [1.82, 2.24) is 0 Å². The number of hydrogen-bond donors (Lipinski definition) is 1. The standard InChI is InChI=1S/C15H18Cl3N/c16-12-7-14(18)15(8-13(12)17)19-11-3-1-2-10(6-11)9-4-5-9/h7-11,19H,1-6H2. The zero-order valence-corrected chi connectivity index (χ0v) is 13.0. The van der Waals surface area contributed by atoms with Crippen molar-refractivity contribution in [3.8, 4) is 0 Å². The molecule has 2 atom stereocenters. The Kier molecular flexibility index (Phi) is 4.17. The van der Waals surface area contributed by atoms with Crippen molar-refractivity contribution in [3.63, 3.8) is 0 Å². The fraction of sp³-hybridized carbons (Fsp3) is 0.600. The molecule has 1 nitrogen and oxygen atoms in total. The van der Waals surface area contributed by atoms with Gasteiger partial charge < -0.3 is 5.32 Å². The van der Waals surface area contributed by atoms with Crippen molar-refractivity contribution >= 4 is 40.5 Å². The molecular formula is C15H18Cl3N. The molecule has 1 aromatic carbocycles. The first kappa shape index (κ1) is 13.9. The molecule has 4 heteroatoms. The van der Waals surface area contributed by atoms with Gasteiger partial charge in [-0.05, 0) is 49.7 Å². The summed E-state index contributed by atoms with van der Waals surface area (Å²) < 4.78 is 0. The zero-order valence-electron chi connectivity index (χ0n) is 10.8. The van der Waals surface area contributed by atoms with E-state index in [2.05, 4.69) is 5.32 Å². The van der Waals surface area contributed by atoms with E-state index < -0.39 is 0 Å². The van der Waals surface area contributed by atoms with Crippen LogP contribution in [0.1, 0.15) is 38.5 Å². The maximum absolute atomic E-state index is 6.23. The van der Waals surface area contributed by atoms with Crippen LogP contribution in [0.3, 0.4) is 0 Å². The Balaban J connectivity index is 1.68. The average Bonchev–Trinajstić information content (AvgIpc) is 3.20. The quantitative estimate of drug-likeness (QED) is 0.671. The maximum Gasteiger partial charge on any atom is 0.0653 e. The van der Waals surface area contributed by atoms with Crippen LogP contribution in [0.5, 0.6) is 0 Å². The normalized spacial score (nSPS) is 27.3. The van der Waals surface area contributed by atoms with Gasteiger partial charge in [0, 0.05) is 6.04 Å². The summed E-state index contributed by atoms with van der Waals surface area (Å²) in [5.41, 5.74) is 0.914. The molecule has 2 unspecified atom stereocenters. The number of halogens is 3. The Morgan fingerprint density at radius 3 is 2.32 bits per heavy atom. The largest absolute Gasteiger partial charge is 0.381 e. The Morgan fingerprint density at radius 2 is 1.58 bits per heavy atom. The van der Waals surface area contributed by atoms with Crippen LogP contribution in [0.15, 0.2) is 12.1 Å². The molecule has 2 fully saturated rings. The highest BCUT2D eigenvalue weighted by molar-refractivity contribution is 6.44. The molecule has 2 aliphatic carbocycles. The second kappa shape index (κ2) is 5.71. The van der Waals surface area contributed by atoms with Crippen molar-refractivity contribution in [1.29, 1.82) is 0 Å². The number of hydrogen-bond acceptors (Lipinski definition) is 1. The molecule has 0 aliphatic heterocycles.